The molecule has 0 aliphatic rings. The number of aryl methyl sites for hydroxylation is 3. The molecule has 0 radical (unpaired) electrons. The fourth-order valence-corrected chi connectivity index (χ4v) is 2.39. The lowest BCUT2D eigenvalue weighted by molar-refractivity contribution is 0.581. The fraction of sp³-hybridized carbons (Fsp3) is 0.500. The normalized spacial score (nSPS) is 12.6. The van der Waals surface area contributed by atoms with Gasteiger partial charge in [-0.15, -0.1) is 0 Å². The van der Waals surface area contributed by atoms with E-state index in [1.165, 1.54) is 16.7 Å². The Morgan fingerprint density at radius 1 is 1.25 bits per heavy atom. The summed E-state index contributed by atoms with van der Waals surface area (Å²) < 4.78 is 1.96. The molecule has 0 aromatic carbocycles. The van der Waals surface area contributed by atoms with E-state index in [1.54, 1.807) is 0 Å². The number of hydrogen-bond donors (Lipinski definition) is 1. The topological polar surface area (TPSA) is 42.7 Å². The summed E-state index contributed by atoms with van der Waals surface area (Å²) >= 11 is 0. The second kappa shape index (κ2) is 6.66. The molecule has 0 aliphatic carbocycles. The average Bonchev–Trinajstić information content (AvgIpc) is 2.90. The minimum Gasteiger partial charge on any atom is -0.305 e. The van der Waals surface area contributed by atoms with Crippen molar-refractivity contribution in [2.45, 2.75) is 46.7 Å². The van der Waals surface area contributed by atoms with E-state index in [2.05, 4.69) is 55.4 Å². The highest BCUT2D eigenvalue weighted by Gasteiger charge is 2.18. The van der Waals surface area contributed by atoms with Crippen molar-refractivity contribution < 1.29 is 0 Å². The van der Waals surface area contributed by atoms with Gasteiger partial charge in [0, 0.05) is 24.5 Å². The van der Waals surface area contributed by atoms with Crippen LogP contribution >= 0.6 is 0 Å². The Kier molecular flexibility index (Phi) is 4.90. The Labute approximate surface area is 121 Å². The molecule has 0 saturated carbocycles. The lowest BCUT2D eigenvalue weighted by Gasteiger charge is -2.19. The van der Waals surface area contributed by atoms with E-state index < -0.39 is 0 Å². The first-order valence-corrected chi connectivity index (χ1v) is 7.34. The number of nitrogens with zero attached hydrogens (tertiary/aromatic N) is 3. The number of rotatable bonds is 6. The van der Waals surface area contributed by atoms with Crippen LogP contribution in [0.2, 0.25) is 0 Å². The molecule has 1 unspecified atom stereocenters. The summed E-state index contributed by atoms with van der Waals surface area (Å²) in [6, 6.07) is 2.31. The summed E-state index contributed by atoms with van der Waals surface area (Å²) in [7, 11) is 0. The van der Waals surface area contributed by atoms with Gasteiger partial charge in [-0.3, -0.25) is 9.67 Å². The molecule has 0 saturated heterocycles. The molecule has 4 nitrogen and oxygen atoms in total. The van der Waals surface area contributed by atoms with Crippen LogP contribution < -0.4 is 5.32 Å². The van der Waals surface area contributed by atoms with Gasteiger partial charge in [0.15, 0.2) is 0 Å². The minimum absolute atomic E-state index is 0.121. The van der Waals surface area contributed by atoms with Gasteiger partial charge in [0.05, 0.1) is 17.9 Å². The third-order valence-corrected chi connectivity index (χ3v) is 3.44. The largest absolute Gasteiger partial charge is 0.305 e. The highest BCUT2D eigenvalue weighted by atomic mass is 15.3. The van der Waals surface area contributed by atoms with Crippen molar-refractivity contribution in [1.29, 1.82) is 0 Å². The molecule has 1 N–H and O–H groups in total. The van der Waals surface area contributed by atoms with Gasteiger partial charge < -0.3 is 5.32 Å². The third kappa shape index (κ3) is 3.25. The van der Waals surface area contributed by atoms with Crippen molar-refractivity contribution >= 4 is 0 Å². The van der Waals surface area contributed by atoms with Gasteiger partial charge in [0.25, 0.3) is 0 Å². The van der Waals surface area contributed by atoms with Crippen LogP contribution in [0.5, 0.6) is 0 Å². The SMILES string of the molecule is CCCNC(c1cnn(CC)c1)c1ncc(C)cc1C. The fourth-order valence-electron chi connectivity index (χ4n) is 2.39. The molecule has 2 aromatic rings. The average molecular weight is 272 g/mol. The van der Waals surface area contributed by atoms with Crippen LogP contribution in [-0.4, -0.2) is 21.3 Å². The molecule has 2 aromatic heterocycles. The van der Waals surface area contributed by atoms with Crippen molar-refractivity contribution in [3.63, 3.8) is 0 Å². The lowest BCUT2D eigenvalue weighted by Crippen LogP contribution is -2.24. The molecular formula is C16H24N4. The van der Waals surface area contributed by atoms with Crippen LogP contribution in [0.15, 0.2) is 24.7 Å². The molecule has 0 bridgehead atoms. The monoisotopic (exact) mass is 272 g/mol. The van der Waals surface area contributed by atoms with E-state index in [0.29, 0.717) is 0 Å². The predicted molar refractivity (Wildman–Crippen MR) is 81.7 cm³/mol. The Bertz CT molecular complexity index is 559. The van der Waals surface area contributed by atoms with Gasteiger partial charge in [0.2, 0.25) is 0 Å². The maximum Gasteiger partial charge on any atom is 0.0784 e. The summed E-state index contributed by atoms with van der Waals surface area (Å²) in [5.41, 5.74) is 4.70. The zero-order valence-corrected chi connectivity index (χ0v) is 12.8. The van der Waals surface area contributed by atoms with Crippen molar-refractivity contribution in [2.24, 2.45) is 0 Å². The molecule has 0 amide bonds. The van der Waals surface area contributed by atoms with E-state index >= 15 is 0 Å². The number of pyridine rings is 1. The second-order valence-electron chi connectivity index (χ2n) is 5.23. The zero-order valence-electron chi connectivity index (χ0n) is 12.8. The maximum atomic E-state index is 4.64. The number of nitrogens with one attached hydrogen (secondary N) is 1. The van der Waals surface area contributed by atoms with Gasteiger partial charge in [0.1, 0.15) is 0 Å². The summed E-state index contributed by atoms with van der Waals surface area (Å²) in [4.78, 5) is 4.64. The standard InChI is InChI=1S/C16H24N4/c1-5-7-17-16(14-10-19-20(6-2)11-14)15-13(4)8-12(3)9-18-15/h8-11,16-17H,5-7H2,1-4H3. The Balaban J connectivity index is 2.35. The van der Waals surface area contributed by atoms with Crippen LogP contribution in [-0.2, 0) is 6.54 Å². The predicted octanol–water partition coefficient (Wildman–Crippen LogP) is 3.00. The first-order valence-electron chi connectivity index (χ1n) is 7.34. The van der Waals surface area contributed by atoms with E-state index in [9.17, 15) is 0 Å². The Hall–Kier alpha value is -1.68. The van der Waals surface area contributed by atoms with Crippen LogP contribution in [0.25, 0.3) is 0 Å². The summed E-state index contributed by atoms with van der Waals surface area (Å²) in [6.45, 7) is 10.3. The van der Waals surface area contributed by atoms with E-state index in [-0.39, 0.29) is 6.04 Å². The first kappa shape index (κ1) is 14.7. The van der Waals surface area contributed by atoms with Gasteiger partial charge in [-0.05, 0) is 44.9 Å². The molecule has 2 rings (SSSR count). The smallest absolute Gasteiger partial charge is 0.0784 e. The molecule has 2 heterocycles. The molecule has 0 fully saturated rings. The van der Waals surface area contributed by atoms with Crippen LogP contribution in [0.4, 0.5) is 0 Å². The number of aromatic nitrogens is 3. The highest BCUT2D eigenvalue weighted by molar-refractivity contribution is 5.32. The van der Waals surface area contributed by atoms with E-state index in [0.717, 1.165) is 25.2 Å². The quantitative estimate of drug-likeness (QED) is 0.879. The molecule has 108 valence electrons. The first-order chi connectivity index (χ1) is 9.65. The third-order valence-electron chi connectivity index (χ3n) is 3.44. The van der Waals surface area contributed by atoms with Gasteiger partial charge in [-0.1, -0.05) is 13.0 Å². The highest BCUT2D eigenvalue weighted by Crippen LogP contribution is 2.23. The summed E-state index contributed by atoms with van der Waals surface area (Å²) in [5, 5.41) is 7.97. The molecule has 0 aliphatic heterocycles. The molecule has 1 atom stereocenters. The van der Waals surface area contributed by atoms with Crippen LogP contribution in [0, 0.1) is 13.8 Å². The Morgan fingerprint density at radius 2 is 2.05 bits per heavy atom. The van der Waals surface area contributed by atoms with Crippen molar-refractivity contribution in [1.82, 2.24) is 20.1 Å². The number of hydrogen-bond acceptors (Lipinski definition) is 3. The van der Waals surface area contributed by atoms with Gasteiger partial charge in [-0.25, -0.2) is 0 Å². The lowest BCUT2D eigenvalue weighted by atomic mass is 10.0. The van der Waals surface area contributed by atoms with Gasteiger partial charge >= 0.3 is 0 Å². The summed E-state index contributed by atoms with van der Waals surface area (Å²) in [5.74, 6) is 0. The van der Waals surface area contributed by atoms with Crippen LogP contribution in [0.3, 0.4) is 0 Å². The van der Waals surface area contributed by atoms with Gasteiger partial charge in [-0.2, -0.15) is 5.10 Å². The molecular weight excluding hydrogens is 248 g/mol. The maximum absolute atomic E-state index is 4.64. The van der Waals surface area contributed by atoms with Crippen molar-refractivity contribution in [3.8, 4) is 0 Å². The minimum atomic E-state index is 0.121. The van der Waals surface area contributed by atoms with Crippen molar-refractivity contribution in [2.75, 3.05) is 6.54 Å². The zero-order chi connectivity index (χ0) is 14.5. The van der Waals surface area contributed by atoms with E-state index in [1.807, 2.05) is 17.1 Å². The second-order valence-corrected chi connectivity index (χ2v) is 5.23. The van der Waals surface area contributed by atoms with Crippen LogP contribution in [0.1, 0.15) is 48.7 Å². The molecule has 4 heteroatoms. The van der Waals surface area contributed by atoms with Crippen molar-refractivity contribution in [3.05, 3.63) is 47.0 Å². The molecule has 0 spiro atoms. The molecule has 20 heavy (non-hydrogen) atoms. The van der Waals surface area contributed by atoms with E-state index in [4.69, 9.17) is 0 Å². The Morgan fingerprint density at radius 3 is 2.65 bits per heavy atom. The summed E-state index contributed by atoms with van der Waals surface area (Å²) in [6.07, 6.45) is 7.09.